The van der Waals surface area contributed by atoms with Gasteiger partial charge in [-0.1, -0.05) is 41.5 Å². The molecule has 0 bridgehead atoms. The zero-order valence-electron chi connectivity index (χ0n) is 36.0. The first-order valence-corrected chi connectivity index (χ1v) is 20.5. The fourth-order valence-corrected chi connectivity index (χ4v) is 7.34. The molecule has 2 aliphatic heterocycles. The summed E-state index contributed by atoms with van der Waals surface area (Å²) >= 11 is 3.27. The van der Waals surface area contributed by atoms with Gasteiger partial charge in [-0.15, -0.1) is 0 Å². The summed E-state index contributed by atoms with van der Waals surface area (Å²) in [5, 5.41) is 24.4. The molecule has 5 heterocycles. The summed E-state index contributed by atoms with van der Waals surface area (Å²) < 4.78 is 26.6. The van der Waals surface area contributed by atoms with E-state index in [0.29, 0.717) is 21.8 Å². The zero-order chi connectivity index (χ0) is 45.9. The Hall–Kier alpha value is -5.92. The number of aliphatic carboxylic acids is 2. The van der Waals surface area contributed by atoms with Gasteiger partial charge >= 0.3 is 24.1 Å². The predicted molar refractivity (Wildman–Crippen MR) is 225 cm³/mol. The van der Waals surface area contributed by atoms with Crippen molar-refractivity contribution >= 4 is 51.9 Å². The summed E-state index contributed by atoms with van der Waals surface area (Å²) in [6.45, 7) is 11.7. The van der Waals surface area contributed by atoms with E-state index in [-0.39, 0.29) is 51.0 Å². The number of hydrogen-bond acceptors (Lipinski definition) is 13. The van der Waals surface area contributed by atoms with E-state index in [1.807, 2.05) is 0 Å². The molecular formula is C42H55BrN6O13. The van der Waals surface area contributed by atoms with Gasteiger partial charge in [0.25, 0.3) is 0 Å². The Kier molecular flexibility index (Phi) is 16.7. The van der Waals surface area contributed by atoms with Gasteiger partial charge in [0.1, 0.15) is 40.3 Å². The highest BCUT2D eigenvalue weighted by Gasteiger charge is 2.46. The quantitative estimate of drug-likeness (QED) is 0.163. The molecule has 0 aliphatic carbocycles. The third-order valence-electron chi connectivity index (χ3n) is 10.3. The van der Waals surface area contributed by atoms with Crippen LogP contribution in [0, 0.1) is 22.7 Å². The van der Waals surface area contributed by atoms with Gasteiger partial charge in [0.15, 0.2) is 0 Å². The number of hydrogen-bond donors (Lipinski definition) is 4. The summed E-state index contributed by atoms with van der Waals surface area (Å²) in [5.74, 6) is -2.27. The maximum absolute atomic E-state index is 13.3. The molecule has 19 nitrogen and oxygen atoms in total. The normalized spacial score (nSPS) is 19.6. The maximum Gasteiger partial charge on any atom is 0.407 e. The predicted octanol–water partition coefficient (Wildman–Crippen LogP) is 5.09. The number of carboxylic acids is 2. The molecule has 3 aromatic heterocycles. The highest BCUT2D eigenvalue weighted by molar-refractivity contribution is 9.10. The molecule has 2 aliphatic rings. The highest BCUT2D eigenvalue weighted by Crippen LogP contribution is 2.32. The lowest BCUT2D eigenvalue weighted by Gasteiger charge is -2.34. The number of aromatic nitrogens is 2. The van der Waals surface area contributed by atoms with Crippen molar-refractivity contribution < 1.29 is 62.3 Å². The van der Waals surface area contributed by atoms with Crippen LogP contribution in [-0.2, 0) is 28.7 Å². The molecule has 338 valence electrons. The third kappa shape index (κ3) is 13.3. The Morgan fingerprint density at radius 3 is 1.60 bits per heavy atom. The Morgan fingerprint density at radius 2 is 1.21 bits per heavy atom. The van der Waals surface area contributed by atoms with Gasteiger partial charge in [-0.2, -0.15) is 0 Å². The largest absolute Gasteiger partial charge is 0.493 e. The average molecular weight is 932 g/mol. The molecule has 0 aromatic carbocycles. The van der Waals surface area contributed by atoms with Crippen LogP contribution in [-0.4, -0.2) is 131 Å². The molecular weight excluding hydrogens is 876 g/mol. The summed E-state index contributed by atoms with van der Waals surface area (Å²) in [7, 11) is 2.42. The number of furan rings is 1. The molecule has 6 atom stereocenters. The Labute approximate surface area is 367 Å². The summed E-state index contributed by atoms with van der Waals surface area (Å²) in [6.07, 6.45) is 5.37. The van der Waals surface area contributed by atoms with Crippen LogP contribution in [0.5, 0.6) is 11.5 Å². The second kappa shape index (κ2) is 21.2. The molecule has 4 N–H and O–H groups in total. The van der Waals surface area contributed by atoms with E-state index in [2.05, 4.69) is 46.0 Å². The second-order valence-electron chi connectivity index (χ2n) is 17.1. The fourth-order valence-electron chi connectivity index (χ4n) is 7.00. The van der Waals surface area contributed by atoms with E-state index in [4.69, 9.17) is 13.9 Å². The van der Waals surface area contributed by atoms with Crippen molar-refractivity contribution in [2.75, 3.05) is 40.5 Å². The van der Waals surface area contributed by atoms with Gasteiger partial charge in [0, 0.05) is 55.0 Å². The standard InChI is InChI=1S/C23H29N3O7.C19H26BrN3O6/c1-23(2,3)19(25-22(30)31-4)20(27)26-11-14(9-18(26)21(28)29)12-33-16-5-7-24-17(10-16)15-6-8-32-13-15;1-19(2,3)15(22-18(27)28-4)16(24)23-9-11(7-13(23)17(25)26)10-29-12-5-6-21-14(20)8-12/h5-8,10,13-14,18-19H,9,11-12H2,1-4H3,(H,25,30)(H,28,29);5-6,8,11,13,15H,7,9-10H2,1-4H3,(H,22,27)(H,25,26)/t14?,18-,19+;11-,13+,15-/m01/s1. The van der Waals surface area contributed by atoms with Gasteiger partial charge in [-0.3, -0.25) is 14.6 Å². The van der Waals surface area contributed by atoms with Crippen LogP contribution < -0.4 is 20.1 Å². The number of carbonyl (C=O) groups is 6. The van der Waals surface area contributed by atoms with Crippen LogP contribution in [0.2, 0.25) is 0 Å². The van der Waals surface area contributed by atoms with Crippen molar-refractivity contribution in [2.45, 2.75) is 78.6 Å². The first-order valence-electron chi connectivity index (χ1n) is 19.7. The van der Waals surface area contributed by atoms with E-state index >= 15 is 0 Å². The number of rotatable bonds is 13. The number of nitrogens with one attached hydrogen (secondary N) is 2. The van der Waals surface area contributed by atoms with Crippen molar-refractivity contribution in [3.63, 3.8) is 0 Å². The van der Waals surface area contributed by atoms with Crippen molar-refractivity contribution in [3.8, 4) is 22.8 Å². The molecule has 3 aromatic rings. The van der Waals surface area contributed by atoms with Crippen molar-refractivity contribution in [1.29, 1.82) is 0 Å². The first-order chi connectivity index (χ1) is 29.1. The molecule has 5 rings (SSSR count). The topological polar surface area (TPSA) is 249 Å². The lowest BCUT2D eigenvalue weighted by Crippen LogP contribution is -2.56. The van der Waals surface area contributed by atoms with E-state index in [0.717, 1.165) is 5.56 Å². The number of carboxylic acid groups (broad SMARTS) is 2. The van der Waals surface area contributed by atoms with Gasteiger partial charge in [0.05, 0.1) is 45.7 Å². The number of carbonyl (C=O) groups excluding carboxylic acids is 4. The SMILES string of the molecule is COC(=O)N[C@H](C(=O)N1CC(COc2ccnc(-c3ccoc3)c2)C[C@H]1C(=O)O)C(C)(C)C.COC(=O)N[C@H](C(=O)N1C[C@H](COc2ccnc(Br)c2)C[C@H]1C(=O)O)C(C)(C)C. The van der Waals surface area contributed by atoms with Crippen LogP contribution >= 0.6 is 15.9 Å². The Balaban J connectivity index is 0.000000275. The molecule has 1 unspecified atom stereocenters. The first kappa shape index (κ1) is 48.7. The van der Waals surface area contributed by atoms with Crippen LogP contribution in [0.1, 0.15) is 54.4 Å². The lowest BCUT2D eigenvalue weighted by molar-refractivity contribution is -0.150. The Morgan fingerprint density at radius 1 is 0.758 bits per heavy atom. The van der Waals surface area contributed by atoms with Crippen molar-refractivity contribution in [2.24, 2.45) is 22.7 Å². The highest BCUT2D eigenvalue weighted by atomic mass is 79.9. The monoisotopic (exact) mass is 930 g/mol. The summed E-state index contributed by atoms with van der Waals surface area (Å²) in [5.41, 5.74) is 0.223. The maximum atomic E-state index is 13.3. The molecule has 62 heavy (non-hydrogen) atoms. The van der Waals surface area contributed by atoms with Crippen molar-refractivity contribution in [3.05, 3.63) is 59.9 Å². The number of methoxy groups -OCH3 is 2. The Bertz CT molecular complexity index is 2040. The molecule has 0 radical (unpaired) electrons. The number of nitrogens with zero attached hydrogens (tertiary/aromatic N) is 4. The average Bonchev–Trinajstić information content (AvgIpc) is 4.00. The second-order valence-corrected chi connectivity index (χ2v) is 17.9. The van der Waals surface area contributed by atoms with E-state index < -0.39 is 70.9 Å². The number of halogens is 1. The van der Waals surface area contributed by atoms with Gasteiger partial charge in [-0.25, -0.2) is 24.2 Å². The molecule has 2 fully saturated rings. The minimum atomic E-state index is -1.09. The van der Waals surface area contributed by atoms with Crippen LogP contribution in [0.25, 0.3) is 11.3 Å². The lowest BCUT2D eigenvalue weighted by atomic mass is 9.85. The van der Waals surface area contributed by atoms with E-state index in [1.54, 1.807) is 96.8 Å². The summed E-state index contributed by atoms with van der Waals surface area (Å²) in [4.78, 5) is 84.5. The zero-order valence-corrected chi connectivity index (χ0v) is 37.5. The number of likely N-dealkylation sites (tertiary alicyclic amines) is 2. The third-order valence-corrected chi connectivity index (χ3v) is 10.7. The minimum absolute atomic E-state index is 0.161. The molecule has 4 amide bonds. The molecule has 2 saturated heterocycles. The molecule has 0 saturated carbocycles. The number of amides is 4. The van der Waals surface area contributed by atoms with Gasteiger partial charge in [0.2, 0.25) is 11.8 Å². The minimum Gasteiger partial charge on any atom is -0.493 e. The van der Waals surface area contributed by atoms with Crippen LogP contribution in [0.3, 0.4) is 0 Å². The fraction of sp³-hybridized carbons (Fsp3) is 0.524. The van der Waals surface area contributed by atoms with Crippen molar-refractivity contribution in [1.82, 2.24) is 30.4 Å². The number of alkyl carbamates (subject to hydrolysis) is 2. The van der Waals surface area contributed by atoms with Crippen LogP contribution in [0.4, 0.5) is 9.59 Å². The smallest absolute Gasteiger partial charge is 0.407 e. The van der Waals surface area contributed by atoms with Gasteiger partial charge < -0.3 is 54.0 Å². The van der Waals surface area contributed by atoms with E-state index in [1.165, 1.54) is 24.0 Å². The van der Waals surface area contributed by atoms with Crippen LogP contribution in [0.15, 0.2) is 64.3 Å². The van der Waals surface area contributed by atoms with E-state index in [9.17, 15) is 39.0 Å². The summed E-state index contributed by atoms with van der Waals surface area (Å²) in [6, 6.07) is 4.84. The number of ether oxygens (including phenoxy) is 4. The molecule has 0 spiro atoms. The number of pyridine rings is 2. The molecule has 20 heteroatoms. The van der Waals surface area contributed by atoms with Gasteiger partial charge in [-0.05, 0) is 57.8 Å².